The number of para-hydroxylation sites is 1. The van der Waals surface area contributed by atoms with Gasteiger partial charge < -0.3 is 23.4 Å². The molecule has 0 bridgehead atoms. The van der Waals surface area contributed by atoms with E-state index in [-0.39, 0.29) is 18.0 Å². The second-order valence-corrected chi connectivity index (χ2v) is 12.5. The predicted molar refractivity (Wildman–Crippen MR) is 164 cm³/mol. The maximum atomic E-state index is 14.3. The number of methoxy groups -OCH3 is 1. The monoisotopic (exact) mass is 619 g/mol. The third kappa shape index (κ3) is 4.87. The molecule has 2 atom stereocenters. The summed E-state index contributed by atoms with van der Waals surface area (Å²) in [4.78, 5) is 45.8. The largest absolute Gasteiger partial charge is 0.496 e. The topological polar surface area (TPSA) is 139 Å². The molecule has 1 N–H and O–H groups in total. The minimum Gasteiger partial charge on any atom is -0.496 e. The van der Waals surface area contributed by atoms with E-state index in [2.05, 4.69) is 4.98 Å². The molecule has 2 unspecified atom stereocenters. The van der Waals surface area contributed by atoms with Gasteiger partial charge in [0.2, 0.25) is 5.89 Å². The summed E-state index contributed by atoms with van der Waals surface area (Å²) in [5.41, 5.74) is 0.186. The maximum absolute atomic E-state index is 14.3. The van der Waals surface area contributed by atoms with Crippen LogP contribution in [0, 0.1) is 13.8 Å². The van der Waals surface area contributed by atoms with E-state index in [0.717, 1.165) is 33.4 Å². The van der Waals surface area contributed by atoms with Gasteiger partial charge in [-0.1, -0.05) is 18.2 Å². The highest BCUT2D eigenvalue weighted by molar-refractivity contribution is 7.22. The fourth-order valence-electron chi connectivity index (χ4n) is 5.93. The van der Waals surface area contributed by atoms with Crippen LogP contribution in [-0.4, -0.2) is 38.4 Å². The molecule has 4 aromatic heterocycles. The van der Waals surface area contributed by atoms with E-state index in [9.17, 15) is 19.5 Å². The van der Waals surface area contributed by atoms with Crippen molar-refractivity contribution in [1.82, 2.24) is 14.1 Å². The van der Waals surface area contributed by atoms with Crippen molar-refractivity contribution in [3.05, 3.63) is 91.8 Å². The van der Waals surface area contributed by atoms with Gasteiger partial charge in [-0.05, 0) is 56.9 Å². The summed E-state index contributed by atoms with van der Waals surface area (Å²) < 4.78 is 26.0. The normalized spacial score (nSPS) is 15.8. The Kier molecular flexibility index (Phi) is 7.58. The van der Waals surface area contributed by atoms with Crippen LogP contribution in [0.15, 0.2) is 61.4 Å². The van der Waals surface area contributed by atoms with E-state index in [1.165, 1.54) is 42.2 Å². The van der Waals surface area contributed by atoms with Crippen molar-refractivity contribution in [2.75, 3.05) is 7.11 Å². The van der Waals surface area contributed by atoms with Crippen LogP contribution in [0.3, 0.4) is 0 Å². The molecule has 0 fully saturated rings. The minimum absolute atomic E-state index is 0.00954. The zero-order valence-corrected chi connectivity index (χ0v) is 25.9. The molecule has 0 aliphatic heterocycles. The minimum atomic E-state index is -1.83. The molecule has 0 radical (unpaired) electrons. The highest BCUT2D eigenvalue weighted by Crippen LogP contribution is 2.38. The lowest BCUT2D eigenvalue weighted by Crippen LogP contribution is -2.52. The fraction of sp³-hybridized carbons (Fsp3) is 0.375. The Morgan fingerprint density at radius 2 is 2.00 bits per heavy atom. The van der Waals surface area contributed by atoms with E-state index in [0.29, 0.717) is 39.8 Å². The number of carbonyl (C=O) groups is 1. The number of nitrogens with zero attached hydrogens (tertiary/aromatic N) is 3. The average molecular weight is 620 g/mol. The molecule has 0 amide bonds. The Hall–Kier alpha value is -4.42. The molecule has 1 aliphatic rings. The first-order valence-electron chi connectivity index (χ1n) is 14.3. The second-order valence-electron chi connectivity index (χ2n) is 11.5. The molecule has 1 aromatic carbocycles. The number of thiophene rings is 1. The van der Waals surface area contributed by atoms with Crippen LogP contribution in [0.1, 0.15) is 54.4 Å². The van der Waals surface area contributed by atoms with Crippen LogP contribution in [0.25, 0.3) is 21.0 Å². The van der Waals surface area contributed by atoms with Crippen LogP contribution in [-0.2, 0) is 34.5 Å². The molecule has 0 spiro atoms. The van der Waals surface area contributed by atoms with Crippen LogP contribution in [0.4, 0.5) is 0 Å². The number of furan rings is 1. The molecular weight excluding hydrogens is 586 g/mol. The van der Waals surface area contributed by atoms with Gasteiger partial charge in [0.25, 0.3) is 5.56 Å². The summed E-state index contributed by atoms with van der Waals surface area (Å²) in [6.07, 6.45) is 5.91. The lowest BCUT2D eigenvalue weighted by atomic mass is 9.93. The number of rotatable bonds is 9. The first-order valence-corrected chi connectivity index (χ1v) is 15.1. The fourth-order valence-corrected chi connectivity index (χ4v) is 7.17. The zero-order chi connectivity index (χ0) is 31.3. The molecule has 1 aliphatic carbocycles. The molecule has 11 nitrogen and oxygen atoms in total. The second kappa shape index (κ2) is 11.3. The van der Waals surface area contributed by atoms with E-state index in [4.69, 9.17) is 18.3 Å². The van der Waals surface area contributed by atoms with Gasteiger partial charge in [0, 0.05) is 18.4 Å². The maximum Gasteiger partial charge on any atom is 0.333 e. The third-order valence-corrected chi connectivity index (χ3v) is 9.73. The standard InChI is InChI=1S/C32H33N3O8S/c1-17-16-42-23-11-10-19(14-21(17)23)43-24(20-8-6-7-9-22(20)40-5)15-34-29-25(18(2)26(44-29)27-33-12-13-41-27)28(36)35(31(34)39)32(3,4)30(37)38/h6-9,12-13,16,19,24H,10-11,14-15H2,1-5H3,(H,37,38). The number of ether oxygens (including phenoxy) is 2. The van der Waals surface area contributed by atoms with Gasteiger partial charge >= 0.3 is 11.7 Å². The summed E-state index contributed by atoms with van der Waals surface area (Å²) in [7, 11) is 1.57. The molecule has 4 heterocycles. The van der Waals surface area contributed by atoms with Gasteiger partial charge in [-0.3, -0.25) is 9.36 Å². The number of aryl methyl sites for hydroxylation is 3. The van der Waals surface area contributed by atoms with Crippen molar-refractivity contribution in [2.24, 2.45) is 0 Å². The van der Waals surface area contributed by atoms with Crippen LogP contribution in [0.2, 0.25) is 0 Å². The quantitative estimate of drug-likeness (QED) is 0.235. The summed E-state index contributed by atoms with van der Waals surface area (Å²) in [6, 6.07) is 7.44. The number of oxazole rings is 1. The van der Waals surface area contributed by atoms with Gasteiger partial charge in [-0.25, -0.2) is 19.1 Å². The molecule has 44 heavy (non-hydrogen) atoms. The zero-order valence-electron chi connectivity index (χ0n) is 25.1. The molecule has 0 saturated heterocycles. The van der Waals surface area contributed by atoms with Crippen molar-refractivity contribution in [3.63, 3.8) is 0 Å². The first kappa shape index (κ1) is 29.6. The van der Waals surface area contributed by atoms with Crippen molar-refractivity contribution in [1.29, 1.82) is 0 Å². The van der Waals surface area contributed by atoms with E-state index >= 15 is 0 Å². The van der Waals surface area contributed by atoms with Crippen molar-refractivity contribution >= 4 is 27.5 Å². The molecule has 12 heteroatoms. The molecule has 6 rings (SSSR count). The third-order valence-electron chi connectivity index (χ3n) is 8.43. The summed E-state index contributed by atoms with van der Waals surface area (Å²) in [5.74, 6) is 0.539. The lowest BCUT2D eigenvalue weighted by Gasteiger charge is -2.30. The predicted octanol–water partition coefficient (Wildman–Crippen LogP) is 5.23. The highest BCUT2D eigenvalue weighted by atomic mass is 32.1. The van der Waals surface area contributed by atoms with Gasteiger partial charge in [0.05, 0.1) is 42.5 Å². The molecular formula is C32H33N3O8S. The number of fused-ring (bicyclic) bond motifs is 2. The summed E-state index contributed by atoms with van der Waals surface area (Å²) in [5, 5.41) is 10.3. The van der Waals surface area contributed by atoms with Crippen LogP contribution in [0.5, 0.6) is 5.75 Å². The smallest absolute Gasteiger partial charge is 0.333 e. The number of carboxylic acid groups (broad SMARTS) is 1. The van der Waals surface area contributed by atoms with Crippen molar-refractivity contribution in [3.8, 4) is 16.5 Å². The van der Waals surface area contributed by atoms with E-state index < -0.39 is 28.9 Å². The number of hydrogen-bond acceptors (Lipinski definition) is 9. The van der Waals surface area contributed by atoms with Gasteiger partial charge in [0.15, 0.2) is 0 Å². The van der Waals surface area contributed by atoms with Gasteiger partial charge in [0.1, 0.15) is 34.2 Å². The van der Waals surface area contributed by atoms with Crippen LogP contribution < -0.4 is 16.0 Å². The molecule has 5 aromatic rings. The van der Waals surface area contributed by atoms with Gasteiger partial charge in [-0.2, -0.15) is 0 Å². The number of hydrogen-bond donors (Lipinski definition) is 1. The van der Waals surface area contributed by atoms with Crippen molar-refractivity contribution < 1.29 is 28.2 Å². The number of aliphatic carboxylic acids is 1. The Labute approximate surface area is 256 Å². The Morgan fingerprint density at radius 1 is 1.23 bits per heavy atom. The molecule has 230 valence electrons. The highest BCUT2D eigenvalue weighted by Gasteiger charge is 2.36. The molecule has 0 saturated carbocycles. The lowest BCUT2D eigenvalue weighted by molar-refractivity contribution is -0.146. The first-order chi connectivity index (χ1) is 21.0. The number of aromatic nitrogens is 3. The Morgan fingerprint density at radius 3 is 2.70 bits per heavy atom. The van der Waals surface area contributed by atoms with Gasteiger partial charge in [-0.15, -0.1) is 11.3 Å². The summed E-state index contributed by atoms with van der Waals surface area (Å²) >= 11 is 1.20. The Bertz CT molecular complexity index is 1980. The number of carboxylic acids is 1. The van der Waals surface area contributed by atoms with E-state index in [1.54, 1.807) is 20.3 Å². The average Bonchev–Trinajstić information content (AvgIpc) is 3.74. The number of benzene rings is 1. The van der Waals surface area contributed by atoms with Crippen molar-refractivity contribution in [2.45, 2.75) is 71.2 Å². The van der Waals surface area contributed by atoms with E-state index in [1.807, 2.05) is 31.2 Å². The van der Waals surface area contributed by atoms with Crippen LogP contribution >= 0.6 is 11.3 Å². The summed E-state index contributed by atoms with van der Waals surface area (Å²) in [6.45, 7) is 6.42. The Balaban J connectivity index is 1.55. The SMILES string of the molecule is COc1ccccc1C(Cn1c(=O)n(C(C)(C)C(=O)O)c(=O)c2c(C)c(-c3ncco3)sc21)OC1CCc2occ(C)c2C1.